The number of methoxy groups -OCH3 is 1. The number of ether oxygens (including phenoxy) is 2. The Morgan fingerprint density at radius 2 is 1.86 bits per heavy atom. The zero-order valence-electron chi connectivity index (χ0n) is 12.3. The molecule has 0 fully saturated rings. The summed E-state index contributed by atoms with van der Waals surface area (Å²) in [4.78, 5) is 12.4. The molecule has 0 aromatic heterocycles. The quantitative estimate of drug-likeness (QED) is 0.782. The normalized spacial score (nSPS) is 15.0. The van der Waals surface area contributed by atoms with Gasteiger partial charge in [0.25, 0.3) is 0 Å². The molecule has 3 heteroatoms. The molecule has 1 aliphatic heterocycles. The van der Waals surface area contributed by atoms with E-state index in [1.165, 1.54) is 0 Å². The summed E-state index contributed by atoms with van der Waals surface area (Å²) in [5.41, 5.74) is 3.71. The fraction of sp³-hybridized carbons (Fsp3) is 0.167. The van der Waals surface area contributed by atoms with E-state index in [9.17, 15) is 4.79 Å². The van der Waals surface area contributed by atoms with Gasteiger partial charge in [0.15, 0.2) is 5.76 Å². The zero-order valence-corrected chi connectivity index (χ0v) is 12.3. The Hall–Kier alpha value is -2.55. The summed E-state index contributed by atoms with van der Waals surface area (Å²) in [6, 6.07) is 11.3. The van der Waals surface area contributed by atoms with Crippen LogP contribution < -0.4 is 9.47 Å². The molecule has 2 aromatic carbocycles. The van der Waals surface area contributed by atoms with Crippen LogP contribution in [0.1, 0.15) is 27.0 Å². The lowest BCUT2D eigenvalue weighted by Crippen LogP contribution is -1.98. The van der Waals surface area contributed by atoms with Crippen LogP contribution in [-0.4, -0.2) is 12.9 Å². The third-order valence-corrected chi connectivity index (χ3v) is 3.68. The Morgan fingerprint density at radius 1 is 1.10 bits per heavy atom. The van der Waals surface area contributed by atoms with Crippen LogP contribution in [-0.2, 0) is 0 Å². The first-order valence-corrected chi connectivity index (χ1v) is 6.78. The topological polar surface area (TPSA) is 35.5 Å². The van der Waals surface area contributed by atoms with Crippen LogP contribution in [0.15, 0.2) is 42.2 Å². The molecule has 3 nitrogen and oxygen atoms in total. The predicted octanol–water partition coefficient (Wildman–Crippen LogP) is 3.93. The standard InChI is InChI=1S/C18H16O3/c1-11-7-15-16(8-12(11)2)21-17(18(15)19)10-13-5-4-6-14(9-13)20-3/h4-10H,1-3H3/b17-10-. The van der Waals surface area contributed by atoms with Gasteiger partial charge in [-0.15, -0.1) is 0 Å². The fourth-order valence-corrected chi connectivity index (χ4v) is 2.33. The highest BCUT2D eigenvalue weighted by Crippen LogP contribution is 2.34. The average molecular weight is 280 g/mol. The van der Waals surface area contributed by atoms with Gasteiger partial charge >= 0.3 is 0 Å². The van der Waals surface area contributed by atoms with Crippen LogP contribution in [0.4, 0.5) is 0 Å². The number of rotatable bonds is 2. The van der Waals surface area contributed by atoms with E-state index in [4.69, 9.17) is 9.47 Å². The third-order valence-electron chi connectivity index (χ3n) is 3.68. The zero-order chi connectivity index (χ0) is 15.0. The van der Waals surface area contributed by atoms with E-state index in [2.05, 4.69) is 0 Å². The highest BCUT2D eigenvalue weighted by molar-refractivity contribution is 6.14. The number of ketones is 1. The van der Waals surface area contributed by atoms with Crippen LogP contribution in [0.5, 0.6) is 11.5 Å². The summed E-state index contributed by atoms with van der Waals surface area (Å²) >= 11 is 0. The molecule has 0 aliphatic carbocycles. The van der Waals surface area contributed by atoms with E-state index in [1.54, 1.807) is 13.2 Å². The number of benzene rings is 2. The molecule has 0 unspecified atom stereocenters. The first-order valence-electron chi connectivity index (χ1n) is 6.78. The maximum atomic E-state index is 12.4. The van der Waals surface area contributed by atoms with Crippen molar-refractivity contribution < 1.29 is 14.3 Å². The molecule has 0 saturated carbocycles. The van der Waals surface area contributed by atoms with Gasteiger partial charge in [0.1, 0.15) is 11.5 Å². The fourth-order valence-electron chi connectivity index (χ4n) is 2.33. The van der Waals surface area contributed by atoms with E-state index in [0.29, 0.717) is 17.1 Å². The molecule has 0 bridgehead atoms. The van der Waals surface area contributed by atoms with Gasteiger partial charge in [0, 0.05) is 0 Å². The second kappa shape index (κ2) is 5.09. The number of allylic oxidation sites excluding steroid dienone is 1. The van der Waals surface area contributed by atoms with Crippen molar-refractivity contribution in [1.29, 1.82) is 0 Å². The number of carbonyl (C=O) groups excluding carboxylic acids is 1. The van der Waals surface area contributed by atoms with Gasteiger partial charge in [0.05, 0.1) is 12.7 Å². The summed E-state index contributed by atoms with van der Waals surface area (Å²) in [5.74, 6) is 1.66. The molecule has 106 valence electrons. The van der Waals surface area contributed by atoms with E-state index in [0.717, 1.165) is 22.4 Å². The van der Waals surface area contributed by atoms with Gasteiger partial charge in [0.2, 0.25) is 5.78 Å². The molecule has 0 amide bonds. The van der Waals surface area contributed by atoms with Crippen molar-refractivity contribution >= 4 is 11.9 Å². The first-order chi connectivity index (χ1) is 10.1. The summed E-state index contributed by atoms with van der Waals surface area (Å²) < 4.78 is 10.9. The van der Waals surface area contributed by atoms with Crippen LogP contribution in [0.3, 0.4) is 0 Å². The second-order valence-corrected chi connectivity index (χ2v) is 5.15. The van der Waals surface area contributed by atoms with Crippen molar-refractivity contribution in [3.8, 4) is 11.5 Å². The maximum Gasteiger partial charge on any atom is 0.231 e. The molecule has 1 aliphatic rings. The van der Waals surface area contributed by atoms with Crippen LogP contribution in [0, 0.1) is 13.8 Å². The second-order valence-electron chi connectivity index (χ2n) is 5.15. The molecule has 1 heterocycles. The Labute approximate surface area is 123 Å². The molecule has 2 aromatic rings. The monoisotopic (exact) mass is 280 g/mol. The molecule has 0 atom stereocenters. The van der Waals surface area contributed by atoms with Crippen molar-refractivity contribution in [3.05, 3.63) is 64.4 Å². The van der Waals surface area contributed by atoms with Crippen molar-refractivity contribution in [3.63, 3.8) is 0 Å². The summed E-state index contributed by atoms with van der Waals surface area (Å²) in [6.07, 6.45) is 1.75. The van der Waals surface area contributed by atoms with Gasteiger partial charge in [-0.05, 0) is 60.9 Å². The van der Waals surface area contributed by atoms with Crippen LogP contribution >= 0.6 is 0 Å². The third kappa shape index (κ3) is 2.42. The van der Waals surface area contributed by atoms with Gasteiger partial charge < -0.3 is 9.47 Å². The predicted molar refractivity (Wildman–Crippen MR) is 81.8 cm³/mol. The number of aryl methyl sites for hydroxylation is 2. The number of carbonyl (C=O) groups is 1. The lowest BCUT2D eigenvalue weighted by molar-refractivity contribution is 0.101. The molecular formula is C18H16O3. The Bertz CT molecular complexity index is 757. The average Bonchev–Trinajstić information content (AvgIpc) is 2.76. The minimum atomic E-state index is -0.0732. The largest absolute Gasteiger partial charge is 0.497 e. The van der Waals surface area contributed by atoms with E-state index in [1.807, 2.05) is 50.2 Å². The highest BCUT2D eigenvalue weighted by atomic mass is 16.5. The first kappa shape index (κ1) is 13.4. The Balaban J connectivity index is 1.98. The molecule has 0 saturated heterocycles. The summed E-state index contributed by atoms with van der Waals surface area (Å²) in [6.45, 7) is 4.00. The minimum Gasteiger partial charge on any atom is -0.497 e. The van der Waals surface area contributed by atoms with Crippen LogP contribution in [0.25, 0.3) is 6.08 Å². The minimum absolute atomic E-state index is 0.0732. The van der Waals surface area contributed by atoms with Crippen molar-refractivity contribution in [2.24, 2.45) is 0 Å². The smallest absolute Gasteiger partial charge is 0.231 e. The lowest BCUT2D eigenvalue weighted by Gasteiger charge is -2.03. The summed E-state index contributed by atoms with van der Waals surface area (Å²) in [7, 11) is 1.62. The maximum absolute atomic E-state index is 12.4. The van der Waals surface area contributed by atoms with Gasteiger partial charge in [-0.1, -0.05) is 12.1 Å². The molecule has 0 N–H and O–H groups in total. The van der Waals surface area contributed by atoms with Crippen LogP contribution in [0.2, 0.25) is 0 Å². The highest BCUT2D eigenvalue weighted by Gasteiger charge is 2.27. The molecule has 3 rings (SSSR count). The van der Waals surface area contributed by atoms with Gasteiger partial charge in [-0.3, -0.25) is 4.79 Å². The van der Waals surface area contributed by atoms with E-state index < -0.39 is 0 Å². The number of hydrogen-bond acceptors (Lipinski definition) is 3. The van der Waals surface area contributed by atoms with E-state index in [-0.39, 0.29) is 5.78 Å². The number of fused-ring (bicyclic) bond motifs is 1. The Morgan fingerprint density at radius 3 is 2.62 bits per heavy atom. The van der Waals surface area contributed by atoms with E-state index >= 15 is 0 Å². The molecule has 0 spiro atoms. The molecular weight excluding hydrogens is 264 g/mol. The van der Waals surface area contributed by atoms with Crippen molar-refractivity contribution in [2.45, 2.75) is 13.8 Å². The molecule has 0 radical (unpaired) electrons. The lowest BCUT2D eigenvalue weighted by atomic mass is 10.0. The molecule has 21 heavy (non-hydrogen) atoms. The van der Waals surface area contributed by atoms with Crippen molar-refractivity contribution in [2.75, 3.05) is 7.11 Å². The van der Waals surface area contributed by atoms with Crippen molar-refractivity contribution in [1.82, 2.24) is 0 Å². The van der Waals surface area contributed by atoms with Gasteiger partial charge in [-0.2, -0.15) is 0 Å². The Kier molecular flexibility index (Phi) is 3.26. The number of hydrogen-bond donors (Lipinski definition) is 0. The number of Topliss-reactive ketones (excluding diaryl/α,β-unsaturated/α-hetero) is 1. The SMILES string of the molecule is COc1cccc(/C=C2\Oc3cc(C)c(C)cc3C2=O)c1. The summed E-state index contributed by atoms with van der Waals surface area (Å²) in [5, 5.41) is 0. The van der Waals surface area contributed by atoms with Gasteiger partial charge in [-0.25, -0.2) is 0 Å².